The molecular formula is C23H26FN7O. The number of aromatic nitrogens is 5. The minimum atomic E-state index is -0.474. The lowest BCUT2D eigenvalue weighted by atomic mass is 10.1. The van der Waals surface area contributed by atoms with Crippen LogP contribution in [0.1, 0.15) is 30.5 Å². The number of imidazole rings is 2. The van der Waals surface area contributed by atoms with E-state index < -0.39 is 5.82 Å². The maximum atomic E-state index is 14.9. The molecule has 1 saturated carbocycles. The average molecular weight is 436 g/mol. The maximum Gasteiger partial charge on any atom is 0.228 e. The number of aryl methyl sites for hydroxylation is 2. The molecule has 2 atom stereocenters. The highest BCUT2D eigenvalue weighted by molar-refractivity contribution is 5.92. The van der Waals surface area contributed by atoms with Gasteiger partial charge < -0.3 is 14.6 Å². The van der Waals surface area contributed by atoms with Crippen molar-refractivity contribution in [3.05, 3.63) is 47.8 Å². The largest absolute Gasteiger partial charge is 0.309 e. The standard InChI is InChI=1S/C23H26FN7O/c1-13-7-19(28-31-10-14(2)25-21(13)31)16-9-18(24)22-26-20(12-30(22)11-16)27-23(32)15-5-6-17(8-15)29(3)4/h7,9-12,15,17H,5-6,8H2,1-4H3,(H,27,32)/t15?,17-/m0/s1. The molecule has 5 rings (SSSR count). The molecular weight excluding hydrogens is 409 g/mol. The molecule has 166 valence electrons. The summed E-state index contributed by atoms with van der Waals surface area (Å²) in [6.07, 6.45) is 7.94. The summed E-state index contributed by atoms with van der Waals surface area (Å²) in [5.74, 6) is -0.233. The fourth-order valence-corrected chi connectivity index (χ4v) is 4.54. The zero-order valence-corrected chi connectivity index (χ0v) is 18.6. The molecule has 0 spiro atoms. The second-order valence-corrected chi connectivity index (χ2v) is 8.91. The Morgan fingerprint density at radius 1 is 1.12 bits per heavy atom. The van der Waals surface area contributed by atoms with E-state index in [-0.39, 0.29) is 17.5 Å². The predicted octanol–water partition coefficient (Wildman–Crippen LogP) is 3.47. The fraction of sp³-hybridized carbons (Fsp3) is 0.391. The number of hydrogen-bond acceptors (Lipinski definition) is 5. The lowest BCUT2D eigenvalue weighted by Gasteiger charge is -2.18. The van der Waals surface area contributed by atoms with Crippen molar-refractivity contribution in [1.29, 1.82) is 0 Å². The quantitative estimate of drug-likeness (QED) is 0.531. The van der Waals surface area contributed by atoms with Gasteiger partial charge in [-0.25, -0.2) is 18.9 Å². The molecule has 1 aliphatic rings. The molecule has 4 heterocycles. The molecule has 0 aliphatic heterocycles. The van der Waals surface area contributed by atoms with E-state index in [1.807, 2.05) is 40.2 Å². The Hall–Kier alpha value is -3.33. The molecule has 4 aromatic rings. The number of carbonyl (C=O) groups is 1. The highest BCUT2D eigenvalue weighted by Crippen LogP contribution is 2.29. The SMILES string of the molecule is Cc1cn2nc(-c3cc(F)c4nc(NC(=O)C5CC[C@H](N(C)C)C5)cn4c3)cc(C)c2n1. The van der Waals surface area contributed by atoms with E-state index in [0.29, 0.717) is 23.1 Å². The number of nitrogens with one attached hydrogen (secondary N) is 1. The van der Waals surface area contributed by atoms with Gasteiger partial charge in [-0.05, 0) is 64.9 Å². The third-order valence-corrected chi connectivity index (χ3v) is 6.29. The van der Waals surface area contributed by atoms with Crippen LogP contribution >= 0.6 is 0 Å². The van der Waals surface area contributed by atoms with Gasteiger partial charge in [-0.2, -0.15) is 5.10 Å². The number of nitrogens with zero attached hydrogens (tertiary/aromatic N) is 6. The molecule has 0 aromatic carbocycles. The van der Waals surface area contributed by atoms with Crippen molar-refractivity contribution in [3.63, 3.8) is 0 Å². The zero-order valence-electron chi connectivity index (χ0n) is 18.6. The van der Waals surface area contributed by atoms with Crippen LogP contribution in [0.25, 0.3) is 22.6 Å². The van der Waals surface area contributed by atoms with Gasteiger partial charge in [0.1, 0.15) is 0 Å². The van der Waals surface area contributed by atoms with Gasteiger partial charge in [0.2, 0.25) is 5.91 Å². The smallest absolute Gasteiger partial charge is 0.228 e. The van der Waals surface area contributed by atoms with E-state index in [1.54, 1.807) is 21.3 Å². The molecule has 9 heteroatoms. The predicted molar refractivity (Wildman–Crippen MR) is 120 cm³/mol. The molecule has 1 aliphatic carbocycles. The van der Waals surface area contributed by atoms with Crippen LogP contribution in [0.3, 0.4) is 0 Å². The summed E-state index contributed by atoms with van der Waals surface area (Å²) in [6.45, 7) is 3.86. The highest BCUT2D eigenvalue weighted by atomic mass is 19.1. The van der Waals surface area contributed by atoms with Gasteiger partial charge in [-0.1, -0.05) is 0 Å². The molecule has 8 nitrogen and oxygen atoms in total. The van der Waals surface area contributed by atoms with Crippen LogP contribution in [0.15, 0.2) is 30.7 Å². The minimum absolute atomic E-state index is 0.0508. The van der Waals surface area contributed by atoms with Crippen LogP contribution < -0.4 is 5.32 Å². The van der Waals surface area contributed by atoms with Crippen molar-refractivity contribution in [1.82, 2.24) is 28.9 Å². The van der Waals surface area contributed by atoms with Crippen molar-refractivity contribution in [3.8, 4) is 11.3 Å². The van der Waals surface area contributed by atoms with Gasteiger partial charge in [-0.15, -0.1) is 0 Å². The monoisotopic (exact) mass is 435 g/mol. The first-order valence-corrected chi connectivity index (χ1v) is 10.8. The average Bonchev–Trinajstić information content (AvgIpc) is 3.45. The summed E-state index contributed by atoms with van der Waals surface area (Å²) in [5, 5.41) is 7.46. The molecule has 1 amide bonds. The zero-order chi connectivity index (χ0) is 22.6. The Bertz CT molecular complexity index is 1340. The third-order valence-electron chi connectivity index (χ3n) is 6.29. The van der Waals surface area contributed by atoms with E-state index >= 15 is 0 Å². The Balaban J connectivity index is 1.43. The number of fused-ring (bicyclic) bond motifs is 2. The number of amides is 1. The summed E-state index contributed by atoms with van der Waals surface area (Å²) in [4.78, 5) is 23.6. The Kier molecular flexibility index (Phi) is 4.93. The van der Waals surface area contributed by atoms with E-state index in [0.717, 1.165) is 36.2 Å². The van der Waals surface area contributed by atoms with Gasteiger partial charge in [0.05, 0.1) is 23.8 Å². The highest BCUT2D eigenvalue weighted by Gasteiger charge is 2.31. The van der Waals surface area contributed by atoms with Crippen molar-refractivity contribution >= 4 is 23.0 Å². The van der Waals surface area contributed by atoms with Gasteiger partial charge in [0.15, 0.2) is 22.9 Å². The first kappa shape index (κ1) is 20.6. The van der Waals surface area contributed by atoms with E-state index in [1.165, 1.54) is 6.07 Å². The lowest BCUT2D eigenvalue weighted by molar-refractivity contribution is -0.119. The molecule has 0 bridgehead atoms. The Morgan fingerprint density at radius 3 is 2.69 bits per heavy atom. The van der Waals surface area contributed by atoms with Crippen LogP contribution in [-0.2, 0) is 4.79 Å². The fourth-order valence-electron chi connectivity index (χ4n) is 4.54. The molecule has 32 heavy (non-hydrogen) atoms. The molecule has 4 aromatic heterocycles. The van der Waals surface area contributed by atoms with Crippen molar-refractivity contribution in [2.24, 2.45) is 5.92 Å². The van der Waals surface area contributed by atoms with Crippen LogP contribution in [0.2, 0.25) is 0 Å². The summed E-state index contributed by atoms with van der Waals surface area (Å²) < 4.78 is 18.2. The molecule has 1 N–H and O–H groups in total. The second-order valence-electron chi connectivity index (χ2n) is 8.91. The number of carbonyl (C=O) groups excluding carboxylic acids is 1. The molecule has 1 unspecified atom stereocenters. The summed E-state index contributed by atoms with van der Waals surface area (Å²) in [7, 11) is 4.07. The van der Waals surface area contributed by atoms with E-state index in [4.69, 9.17) is 0 Å². The number of rotatable bonds is 4. The topological polar surface area (TPSA) is 79.8 Å². The van der Waals surface area contributed by atoms with Crippen LogP contribution in [0.5, 0.6) is 0 Å². The first-order valence-electron chi connectivity index (χ1n) is 10.8. The lowest BCUT2D eigenvalue weighted by Crippen LogP contribution is -2.27. The summed E-state index contributed by atoms with van der Waals surface area (Å²) >= 11 is 0. The normalized spacial score (nSPS) is 18.8. The third kappa shape index (κ3) is 3.62. The summed E-state index contributed by atoms with van der Waals surface area (Å²) in [6, 6.07) is 3.73. The number of halogens is 1. The van der Waals surface area contributed by atoms with Crippen LogP contribution in [0, 0.1) is 25.6 Å². The van der Waals surface area contributed by atoms with E-state index in [2.05, 4.69) is 25.3 Å². The van der Waals surface area contributed by atoms with Gasteiger partial charge in [0.25, 0.3) is 0 Å². The van der Waals surface area contributed by atoms with Gasteiger partial charge in [-0.3, -0.25) is 4.79 Å². The van der Waals surface area contributed by atoms with Crippen molar-refractivity contribution in [2.45, 2.75) is 39.2 Å². The summed E-state index contributed by atoms with van der Waals surface area (Å²) in [5.41, 5.74) is 4.02. The van der Waals surface area contributed by atoms with Crippen molar-refractivity contribution in [2.75, 3.05) is 19.4 Å². The molecule has 0 saturated heterocycles. The minimum Gasteiger partial charge on any atom is -0.309 e. The number of anilines is 1. The van der Waals surface area contributed by atoms with Crippen LogP contribution in [-0.4, -0.2) is 54.9 Å². The number of pyridine rings is 1. The Labute approximate surface area is 185 Å². The van der Waals surface area contributed by atoms with Crippen LogP contribution in [0.4, 0.5) is 10.2 Å². The van der Waals surface area contributed by atoms with Gasteiger partial charge in [0, 0.05) is 23.7 Å². The van der Waals surface area contributed by atoms with E-state index in [9.17, 15) is 9.18 Å². The Morgan fingerprint density at radius 2 is 1.94 bits per heavy atom. The first-order chi connectivity index (χ1) is 15.3. The molecule has 0 radical (unpaired) electrons. The number of hydrogen-bond donors (Lipinski definition) is 1. The molecule has 1 fully saturated rings. The van der Waals surface area contributed by atoms with Gasteiger partial charge >= 0.3 is 0 Å². The second kappa shape index (κ2) is 7.67. The van der Waals surface area contributed by atoms with Crippen molar-refractivity contribution < 1.29 is 9.18 Å². The maximum absolute atomic E-state index is 14.9.